The molecule has 0 radical (unpaired) electrons. The van der Waals surface area contributed by atoms with Crippen molar-refractivity contribution in [1.82, 2.24) is 0 Å². The minimum Gasteiger partial charge on any atom is -0.867 e. The standard InChI is InChI=1S/C21H16ClFN2OS/c1-14-17(22)6-5-7-18(14)24-21(27)19(25-12-3-2-4-13-25)20(26)15-8-10-16(23)11-9-15/h2-13H,1H3,(H-,24,26,27). The van der Waals surface area contributed by atoms with Crippen LogP contribution in [0.1, 0.15) is 11.1 Å². The molecule has 0 bridgehead atoms. The monoisotopic (exact) mass is 398 g/mol. The lowest BCUT2D eigenvalue weighted by atomic mass is 10.1. The molecule has 0 amide bonds. The first-order valence-corrected chi connectivity index (χ1v) is 8.96. The number of hydrogen-bond donors (Lipinski definition) is 1. The fourth-order valence-electron chi connectivity index (χ4n) is 2.55. The quantitative estimate of drug-likeness (QED) is 0.310. The summed E-state index contributed by atoms with van der Waals surface area (Å²) in [5, 5.41) is 16.8. The summed E-state index contributed by atoms with van der Waals surface area (Å²) in [4.78, 5) is 0.242. The van der Waals surface area contributed by atoms with Gasteiger partial charge in [-0.1, -0.05) is 48.1 Å². The molecule has 0 aliphatic rings. The van der Waals surface area contributed by atoms with Gasteiger partial charge in [0.2, 0.25) is 5.70 Å². The van der Waals surface area contributed by atoms with Gasteiger partial charge in [0, 0.05) is 22.8 Å². The molecule has 0 atom stereocenters. The fraction of sp³-hybridized carbons (Fsp3) is 0.0476. The van der Waals surface area contributed by atoms with Gasteiger partial charge in [-0.2, -0.15) is 4.57 Å². The lowest BCUT2D eigenvalue weighted by Gasteiger charge is -2.17. The molecular weight excluding hydrogens is 383 g/mol. The number of pyridine rings is 1. The van der Waals surface area contributed by atoms with Crippen LogP contribution in [0.2, 0.25) is 5.02 Å². The van der Waals surface area contributed by atoms with E-state index < -0.39 is 5.82 Å². The second-order valence-corrected chi connectivity index (χ2v) is 6.65. The number of rotatable bonds is 4. The van der Waals surface area contributed by atoms with E-state index in [2.05, 4.69) is 5.32 Å². The van der Waals surface area contributed by atoms with Gasteiger partial charge in [0.15, 0.2) is 17.4 Å². The zero-order chi connectivity index (χ0) is 19.4. The van der Waals surface area contributed by atoms with E-state index in [-0.39, 0.29) is 16.4 Å². The van der Waals surface area contributed by atoms with E-state index in [0.717, 1.165) is 5.56 Å². The predicted molar refractivity (Wildman–Crippen MR) is 109 cm³/mol. The number of nitrogens with zero attached hydrogens (tertiary/aromatic N) is 1. The molecule has 0 saturated heterocycles. The molecule has 3 nitrogen and oxygen atoms in total. The summed E-state index contributed by atoms with van der Waals surface area (Å²) >= 11 is 11.7. The Hall–Kier alpha value is -2.76. The van der Waals surface area contributed by atoms with E-state index in [4.69, 9.17) is 23.8 Å². The Morgan fingerprint density at radius 1 is 1.04 bits per heavy atom. The summed E-state index contributed by atoms with van der Waals surface area (Å²) in [7, 11) is 0. The SMILES string of the molecule is Cc1c(Cl)cccc1NC(=S)C(=C([O-])c1ccc(F)cc1)[n+]1ccccc1. The summed E-state index contributed by atoms with van der Waals surface area (Å²) in [5.41, 5.74) is 2.15. The van der Waals surface area contributed by atoms with Crippen molar-refractivity contribution in [2.75, 3.05) is 5.32 Å². The predicted octanol–water partition coefficient (Wildman–Crippen LogP) is 4.20. The second-order valence-electron chi connectivity index (χ2n) is 5.83. The topological polar surface area (TPSA) is 39.0 Å². The number of thiocarbonyl (C=S) groups is 1. The van der Waals surface area contributed by atoms with Crippen LogP contribution in [0, 0.1) is 12.7 Å². The van der Waals surface area contributed by atoms with Crippen LogP contribution < -0.4 is 15.0 Å². The first-order chi connectivity index (χ1) is 13.0. The molecule has 0 saturated carbocycles. The highest BCUT2D eigenvalue weighted by Crippen LogP contribution is 2.24. The Labute approximate surface area is 167 Å². The lowest BCUT2D eigenvalue weighted by molar-refractivity contribution is -0.577. The van der Waals surface area contributed by atoms with Gasteiger partial charge in [0.05, 0.1) is 0 Å². The number of halogens is 2. The average Bonchev–Trinajstić information content (AvgIpc) is 2.67. The van der Waals surface area contributed by atoms with Crippen LogP contribution >= 0.6 is 23.8 Å². The molecular formula is C21H16ClFN2OS. The van der Waals surface area contributed by atoms with Crippen LogP contribution in [0.15, 0.2) is 73.1 Å². The zero-order valence-electron chi connectivity index (χ0n) is 14.4. The fourth-order valence-corrected chi connectivity index (χ4v) is 3.03. The van der Waals surface area contributed by atoms with Crippen LogP contribution in [0.4, 0.5) is 10.1 Å². The van der Waals surface area contributed by atoms with Crippen molar-refractivity contribution in [2.24, 2.45) is 0 Å². The Bertz CT molecular complexity index is 1000. The van der Waals surface area contributed by atoms with Gasteiger partial charge in [-0.15, -0.1) is 0 Å². The van der Waals surface area contributed by atoms with E-state index in [1.54, 1.807) is 41.2 Å². The molecule has 1 aromatic heterocycles. The van der Waals surface area contributed by atoms with E-state index in [0.29, 0.717) is 16.3 Å². The maximum atomic E-state index is 13.2. The summed E-state index contributed by atoms with van der Waals surface area (Å²) in [6.45, 7) is 1.87. The van der Waals surface area contributed by atoms with Crippen LogP contribution in [0.25, 0.3) is 11.5 Å². The van der Waals surface area contributed by atoms with Crippen molar-refractivity contribution < 1.29 is 14.1 Å². The number of hydrogen-bond acceptors (Lipinski definition) is 2. The molecule has 136 valence electrons. The van der Waals surface area contributed by atoms with Crippen LogP contribution in [-0.2, 0) is 0 Å². The van der Waals surface area contributed by atoms with Crippen molar-refractivity contribution in [3.05, 3.63) is 95.0 Å². The highest BCUT2D eigenvalue weighted by Gasteiger charge is 2.19. The normalized spacial score (nSPS) is 11.7. The molecule has 3 rings (SSSR count). The van der Waals surface area contributed by atoms with E-state index in [1.807, 2.05) is 19.1 Å². The highest BCUT2D eigenvalue weighted by atomic mass is 35.5. The molecule has 0 aliphatic carbocycles. The van der Waals surface area contributed by atoms with Gasteiger partial charge >= 0.3 is 0 Å². The number of nitrogens with one attached hydrogen (secondary N) is 1. The Morgan fingerprint density at radius 2 is 1.70 bits per heavy atom. The number of anilines is 1. The third-order valence-corrected chi connectivity index (χ3v) is 4.73. The minimum atomic E-state index is -0.407. The minimum absolute atomic E-state index is 0.242. The smallest absolute Gasteiger partial charge is 0.238 e. The maximum absolute atomic E-state index is 13.2. The first-order valence-electron chi connectivity index (χ1n) is 8.17. The molecule has 0 fully saturated rings. The second kappa shape index (κ2) is 8.29. The zero-order valence-corrected chi connectivity index (χ0v) is 16.0. The number of benzene rings is 2. The van der Waals surface area contributed by atoms with Crippen LogP contribution in [0.5, 0.6) is 0 Å². The van der Waals surface area contributed by atoms with Crippen molar-refractivity contribution in [1.29, 1.82) is 0 Å². The summed E-state index contributed by atoms with van der Waals surface area (Å²) in [6, 6.07) is 16.2. The van der Waals surface area contributed by atoms with Crippen molar-refractivity contribution in [2.45, 2.75) is 6.92 Å². The molecule has 27 heavy (non-hydrogen) atoms. The van der Waals surface area contributed by atoms with E-state index >= 15 is 0 Å². The van der Waals surface area contributed by atoms with Gasteiger partial charge in [-0.25, -0.2) is 4.39 Å². The molecule has 2 aromatic carbocycles. The van der Waals surface area contributed by atoms with Gasteiger partial charge in [-0.05, 0) is 48.1 Å². The van der Waals surface area contributed by atoms with Crippen molar-refractivity contribution in [3.63, 3.8) is 0 Å². The third kappa shape index (κ3) is 4.32. The van der Waals surface area contributed by atoms with Gasteiger partial charge in [0.25, 0.3) is 0 Å². The highest BCUT2D eigenvalue weighted by molar-refractivity contribution is 7.81. The molecule has 3 aromatic rings. The summed E-state index contributed by atoms with van der Waals surface area (Å²) < 4.78 is 14.9. The van der Waals surface area contributed by atoms with Crippen LogP contribution in [0.3, 0.4) is 0 Å². The first kappa shape index (κ1) is 19.0. The molecule has 1 N–H and O–H groups in total. The van der Waals surface area contributed by atoms with Gasteiger partial charge in [-0.3, -0.25) is 0 Å². The summed E-state index contributed by atoms with van der Waals surface area (Å²) in [5.74, 6) is -0.723. The molecule has 0 unspecified atom stereocenters. The largest absolute Gasteiger partial charge is 0.867 e. The summed E-state index contributed by atoms with van der Waals surface area (Å²) in [6.07, 6.45) is 3.46. The van der Waals surface area contributed by atoms with E-state index in [9.17, 15) is 9.50 Å². The van der Waals surface area contributed by atoms with E-state index in [1.165, 1.54) is 24.3 Å². The Morgan fingerprint density at radius 3 is 2.37 bits per heavy atom. The number of aromatic nitrogens is 1. The van der Waals surface area contributed by atoms with Crippen LogP contribution in [-0.4, -0.2) is 4.99 Å². The third-order valence-electron chi connectivity index (χ3n) is 4.03. The van der Waals surface area contributed by atoms with Crippen molar-refractivity contribution >= 4 is 46.0 Å². The molecule has 0 aliphatic heterocycles. The lowest BCUT2D eigenvalue weighted by Crippen LogP contribution is -2.39. The van der Waals surface area contributed by atoms with Gasteiger partial charge < -0.3 is 10.4 Å². The Kier molecular flexibility index (Phi) is 5.84. The van der Waals surface area contributed by atoms with Gasteiger partial charge in [0.1, 0.15) is 5.82 Å². The average molecular weight is 399 g/mol. The molecule has 0 spiro atoms. The molecule has 1 heterocycles. The maximum Gasteiger partial charge on any atom is 0.238 e. The van der Waals surface area contributed by atoms with Crippen molar-refractivity contribution in [3.8, 4) is 0 Å². The molecule has 6 heteroatoms. The Balaban J connectivity index is 2.07.